The Balaban J connectivity index is 1.42. The number of aliphatic hydroxyl groups is 2. The second-order valence-electron chi connectivity index (χ2n) is 8.64. The van der Waals surface area contributed by atoms with Crippen LogP contribution in [-0.2, 0) is 13.1 Å². The van der Waals surface area contributed by atoms with Gasteiger partial charge in [0.15, 0.2) is 0 Å². The zero-order valence-electron chi connectivity index (χ0n) is 17.9. The highest BCUT2D eigenvalue weighted by Crippen LogP contribution is 2.26. The summed E-state index contributed by atoms with van der Waals surface area (Å²) in [7, 11) is 0. The van der Waals surface area contributed by atoms with Gasteiger partial charge < -0.3 is 15.5 Å². The van der Waals surface area contributed by atoms with Gasteiger partial charge in [0.1, 0.15) is 0 Å². The fourth-order valence-electron chi connectivity index (χ4n) is 5.00. The third-order valence-electron chi connectivity index (χ3n) is 6.60. The topological polar surface area (TPSA) is 59.0 Å². The predicted octanol–water partition coefficient (Wildman–Crippen LogP) is 2.18. The molecule has 0 saturated carbocycles. The van der Waals surface area contributed by atoms with Crippen LogP contribution in [0.5, 0.6) is 0 Å². The first-order valence-electron chi connectivity index (χ1n) is 11.0. The molecule has 3 N–H and O–H groups in total. The molecule has 0 amide bonds. The molecule has 5 nitrogen and oxygen atoms in total. The van der Waals surface area contributed by atoms with Gasteiger partial charge in [0.25, 0.3) is 0 Å². The third-order valence-corrected chi connectivity index (χ3v) is 6.60. The van der Waals surface area contributed by atoms with Crippen molar-refractivity contribution in [3.05, 3.63) is 97.1 Å². The van der Waals surface area contributed by atoms with E-state index in [4.69, 9.17) is 0 Å². The maximum atomic E-state index is 11.0. The van der Waals surface area contributed by atoms with E-state index < -0.39 is 12.2 Å². The molecule has 2 heterocycles. The Labute approximate surface area is 185 Å². The van der Waals surface area contributed by atoms with E-state index in [1.807, 2.05) is 48.6 Å². The van der Waals surface area contributed by atoms with Gasteiger partial charge in [-0.3, -0.25) is 9.80 Å². The highest BCUT2D eigenvalue weighted by atomic mass is 16.3. The number of nitrogens with one attached hydrogen (secondary N) is 1. The quantitative estimate of drug-likeness (QED) is 0.573. The van der Waals surface area contributed by atoms with Gasteiger partial charge in [0.05, 0.1) is 24.3 Å². The van der Waals surface area contributed by atoms with E-state index in [-0.39, 0.29) is 24.2 Å². The summed E-state index contributed by atoms with van der Waals surface area (Å²) in [5.41, 5.74) is 2.42. The van der Waals surface area contributed by atoms with Crippen LogP contribution in [0.4, 0.5) is 0 Å². The Morgan fingerprint density at radius 3 is 1.48 bits per heavy atom. The molecule has 0 aromatic heterocycles. The molecule has 5 heteroatoms. The van der Waals surface area contributed by atoms with Crippen LogP contribution >= 0.6 is 0 Å². The van der Waals surface area contributed by atoms with Crippen molar-refractivity contribution >= 4 is 0 Å². The Morgan fingerprint density at radius 2 is 1.13 bits per heavy atom. The molecule has 0 spiro atoms. The third kappa shape index (κ3) is 4.81. The molecule has 4 rings (SSSR count). The van der Waals surface area contributed by atoms with Crippen molar-refractivity contribution in [1.82, 2.24) is 15.1 Å². The molecule has 2 aromatic carbocycles. The van der Waals surface area contributed by atoms with E-state index in [2.05, 4.69) is 52.5 Å². The number of likely N-dealkylation sites (tertiary alicyclic amines) is 2. The zero-order chi connectivity index (χ0) is 21.8. The molecular formula is C26H33N3O2. The van der Waals surface area contributed by atoms with Crippen molar-refractivity contribution < 1.29 is 10.2 Å². The molecule has 2 aromatic rings. The molecule has 6 atom stereocenters. The largest absolute Gasteiger partial charge is 0.389 e. The highest BCUT2D eigenvalue weighted by Gasteiger charge is 2.44. The Morgan fingerprint density at radius 1 is 0.742 bits per heavy atom. The Kier molecular flexibility index (Phi) is 7.00. The van der Waals surface area contributed by atoms with Gasteiger partial charge in [-0.15, -0.1) is 13.2 Å². The van der Waals surface area contributed by atoms with Crippen molar-refractivity contribution in [2.24, 2.45) is 0 Å². The van der Waals surface area contributed by atoms with Gasteiger partial charge in [-0.05, 0) is 11.1 Å². The van der Waals surface area contributed by atoms with Crippen molar-refractivity contribution in [2.75, 3.05) is 13.1 Å². The van der Waals surface area contributed by atoms with Gasteiger partial charge in [0, 0.05) is 38.3 Å². The van der Waals surface area contributed by atoms with Crippen LogP contribution in [0.3, 0.4) is 0 Å². The lowest BCUT2D eigenvalue weighted by molar-refractivity contribution is 0.0979. The Bertz CT molecular complexity index is 788. The average molecular weight is 420 g/mol. The molecule has 2 saturated heterocycles. The van der Waals surface area contributed by atoms with E-state index in [1.165, 1.54) is 11.1 Å². The average Bonchev–Trinajstić information content (AvgIpc) is 3.24. The van der Waals surface area contributed by atoms with E-state index >= 15 is 0 Å². The number of hydrogen-bond donors (Lipinski definition) is 3. The normalized spacial score (nSPS) is 31.7. The summed E-state index contributed by atoms with van der Waals surface area (Å²) >= 11 is 0. The van der Waals surface area contributed by atoms with Gasteiger partial charge in [-0.25, -0.2) is 0 Å². The Hall–Kier alpha value is -2.28. The van der Waals surface area contributed by atoms with Crippen molar-refractivity contribution in [3.63, 3.8) is 0 Å². The van der Waals surface area contributed by atoms with E-state index in [1.54, 1.807) is 0 Å². The number of benzene rings is 2. The lowest BCUT2D eigenvalue weighted by Gasteiger charge is -2.24. The number of aliphatic hydroxyl groups excluding tert-OH is 2. The van der Waals surface area contributed by atoms with Crippen molar-refractivity contribution in [3.8, 4) is 0 Å². The molecule has 2 aliphatic heterocycles. The van der Waals surface area contributed by atoms with Gasteiger partial charge >= 0.3 is 0 Å². The fraction of sp³-hybridized carbons (Fsp3) is 0.385. The first kappa shape index (κ1) is 21.9. The van der Waals surface area contributed by atoms with Crippen LogP contribution in [-0.4, -0.2) is 69.5 Å². The molecule has 0 bridgehead atoms. The predicted molar refractivity (Wildman–Crippen MR) is 124 cm³/mol. The van der Waals surface area contributed by atoms with Crippen LogP contribution in [0.2, 0.25) is 0 Å². The van der Waals surface area contributed by atoms with Crippen molar-refractivity contribution in [2.45, 2.75) is 49.5 Å². The fourth-order valence-corrected chi connectivity index (χ4v) is 5.00. The van der Waals surface area contributed by atoms with E-state index in [0.29, 0.717) is 13.1 Å². The van der Waals surface area contributed by atoms with Crippen molar-refractivity contribution in [1.29, 1.82) is 0 Å². The molecular weight excluding hydrogens is 386 g/mol. The summed E-state index contributed by atoms with van der Waals surface area (Å²) in [6.45, 7) is 10.8. The maximum absolute atomic E-state index is 11.0. The van der Waals surface area contributed by atoms with Crippen LogP contribution in [0.25, 0.3) is 0 Å². The summed E-state index contributed by atoms with van der Waals surface area (Å²) in [4.78, 5) is 4.50. The molecule has 2 aliphatic rings. The van der Waals surface area contributed by atoms with E-state index in [9.17, 15) is 10.2 Å². The summed E-state index contributed by atoms with van der Waals surface area (Å²) in [5.74, 6) is 0. The SMILES string of the molecule is C=C[C@H]1[C@H](O)[C@@H](N[C@H]2CN(Cc3ccccc3)[C@@H](C=C)[C@@H]2O)CN1Cc1ccccc1. The van der Waals surface area contributed by atoms with Gasteiger partial charge in [-0.2, -0.15) is 0 Å². The second kappa shape index (κ2) is 9.90. The standard InChI is InChI=1S/C26H33N3O2/c1-3-23-25(30)21(17-28(23)15-19-11-7-5-8-12-19)27-22-18-29(24(4-2)26(22)31)16-20-13-9-6-10-14-20/h3-14,21-27,30-31H,1-2,15-18H2/t21-,22-,23-,24-,25+,26+/m0/s1. The number of rotatable bonds is 8. The lowest BCUT2D eigenvalue weighted by Crippen LogP contribution is -2.51. The zero-order valence-corrected chi connectivity index (χ0v) is 17.9. The lowest BCUT2D eigenvalue weighted by atomic mass is 10.0. The first-order chi connectivity index (χ1) is 15.1. The molecule has 0 unspecified atom stereocenters. The smallest absolute Gasteiger partial charge is 0.0896 e. The van der Waals surface area contributed by atoms with Gasteiger partial charge in [0.2, 0.25) is 0 Å². The minimum Gasteiger partial charge on any atom is -0.389 e. The van der Waals surface area contributed by atoms with Gasteiger partial charge in [-0.1, -0.05) is 72.8 Å². The molecule has 0 aliphatic carbocycles. The second-order valence-corrected chi connectivity index (χ2v) is 8.64. The number of hydrogen-bond acceptors (Lipinski definition) is 5. The monoisotopic (exact) mass is 419 g/mol. The summed E-state index contributed by atoms with van der Waals surface area (Å²) < 4.78 is 0. The molecule has 2 fully saturated rings. The van der Waals surface area contributed by atoms with Crippen LogP contribution < -0.4 is 5.32 Å². The minimum absolute atomic E-state index is 0.119. The minimum atomic E-state index is -0.571. The summed E-state index contributed by atoms with van der Waals surface area (Å²) in [5, 5.41) is 25.5. The number of nitrogens with zero attached hydrogens (tertiary/aromatic N) is 2. The summed E-state index contributed by atoms with van der Waals surface area (Å²) in [6.07, 6.45) is 2.51. The maximum Gasteiger partial charge on any atom is 0.0896 e. The van der Waals surface area contributed by atoms with Crippen LogP contribution in [0.1, 0.15) is 11.1 Å². The van der Waals surface area contributed by atoms with Crippen LogP contribution in [0.15, 0.2) is 86.0 Å². The molecule has 164 valence electrons. The van der Waals surface area contributed by atoms with E-state index in [0.717, 1.165) is 13.1 Å². The summed E-state index contributed by atoms with van der Waals surface area (Å²) in [6, 6.07) is 20.1. The first-order valence-corrected chi connectivity index (χ1v) is 11.0. The molecule has 0 radical (unpaired) electrons. The molecule has 31 heavy (non-hydrogen) atoms. The highest BCUT2D eigenvalue weighted by molar-refractivity contribution is 5.19. The van der Waals surface area contributed by atoms with Crippen LogP contribution in [0, 0.1) is 0 Å².